The molecular weight excluding hydrogens is 332 g/mol. The lowest BCUT2D eigenvalue weighted by atomic mass is 10.2. The van der Waals surface area contributed by atoms with Gasteiger partial charge in [0.15, 0.2) is 5.84 Å². The molecule has 0 aromatic heterocycles. The molecule has 26 heavy (non-hydrogen) atoms. The van der Waals surface area contributed by atoms with Crippen molar-refractivity contribution in [2.24, 2.45) is 10.2 Å². The third-order valence-electron chi connectivity index (χ3n) is 4.08. The maximum absolute atomic E-state index is 9.09. The zero-order valence-corrected chi connectivity index (χ0v) is 15.1. The molecule has 3 N–H and O–H groups in total. The number of aliphatic hydroxyl groups excluding tert-OH is 1. The van der Waals surface area contributed by atoms with Crippen LogP contribution < -0.4 is 10.9 Å². The van der Waals surface area contributed by atoms with Crippen LogP contribution in [-0.4, -0.2) is 66.6 Å². The van der Waals surface area contributed by atoms with Gasteiger partial charge in [0.25, 0.3) is 0 Å². The lowest BCUT2D eigenvalue weighted by molar-refractivity contribution is 0.0357. The van der Waals surface area contributed by atoms with E-state index in [0.717, 1.165) is 24.5 Å². The summed E-state index contributed by atoms with van der Waals surface area (Å²) in [5.41, 5.74) is 8.68. The van der Waals surface area contributed by atoms with E-state index in [1.165, 1.54) is 5.56 Å². The molecule has 1 saturated heterocycles. The molecule has 2 heterocycles. The standard InChI is InChI=1S/C18H26N6O2/c1-15-4-2-5-16(12-15)14-19-20-17-13-18(23-7-10-26-11-8-23)22-24(21-17)6-3-9-25/h2,4-5,12-14,22,25H,3,6-11H2,1H3,(H,20,21). The molecule has 0 atom stereocenters. The van der Waals surface area contributed by atoms with Crippen molar-refractivity contribution in [3.05, 3.63) is 47.3 Å². The van der Waals surface area contributed by atoms with Gasteiger partial charge in [-0.15, -0.1) is 10.2 Å². The zero-order valence-electron chi connectivity index (χ0n) is 15.1. The highest BCUT2D eigenvalue weighted by atomic mass is 16.5. The molecule has 8 heteroatoms. The topological polar surface area (TPSA) is 84.7 Å². The van der Waals surface area contributed by atoms with Crippen molar-refractivity contribution in [2.75, 3.05) is 39.5 Å². The van der Waals surface area contributed by atoms with Crippen LogP contribution in [0.25, 0.3) is 0 Å². The van der Waals surface area contributed by atoms with Gasteiger partial charge >= 0.3 is 0 Å². The fourth-order valence-corrected chi connectivity index (χ4v) is 2.76. The van der Waals surface area contributed by atoms with E-state index in [4.69, 9.17) is 9.84 Å². The Morgan fingerprint density at radius 1 is 1.27 bits per heavy atom. The second-order valence-corrected chi connectivity index (χ2v) is 6.23. The quantitative estimate of drug-likeness (QED) is 0.510. The molecule has 0 bridgehead atoms. The molecule has 0 amide bonds. The number of aryl methyl sites for hydroxylation is 1. The molecule has 0 spiro atoms. The number of morpholine rings is 1. The SMILES string of the molecule is Cc1cccc(C=NN=C2C=C(N3CCOCC3)NN(CCCO)N2)c1. The molecule has 8 nitrogen and oxygen atoms in total. The van der Waals surface area contributed by atoms with Crippen LogP contribution in [0.3, 0.4) is 0 Å². The summed E-state index contributed by atoms with van der Waals surface area (Å²) in [6, 6.07) is 8.10. The Morgan fingerprint density at radius 3 is 2.88 bits per heavy atom. The van der Waals surface area contributed by atoms with Crippen molar-refractivity contribution in [2.45, 2.75) is 13.3 Å². The predicted molar refractivity (Wildman–Crippen MR) is 101 cm³/mol. The largest absolute Gasteiger partial charge is 0.396 e. The summed E-state index contributed by atoms with van der Waals surface area (Å²) >= 11 is 0. The third kappa shape index (κ3) is 5.29. The smallest absolute Gasteiger partial charge is 0.168 e. The maximum atomic E-state index is 9.09. The summed E-state index contributed by atoms with van der Waals surface area (Å²) in [7, 11) is 0. The van der Waals surface area contributed by atoms with Crippen molar-refractivity contribution in [1.29, 1.82) is 0 Å². The summed E-state index contributed by atoms with van der Waals surface area (Å²) < 4.78 is 5.42. The lowest BCUT2D eigenvalue weighted by Gasteiger charge is -2.37. The van der Waals surface area contributed by atoms with Crippen LogP contribution in [0.2, 0.25) is 0 Å². The Balaban J connectivity index is 1.73. The van der Waals surface area contributed by atoms with Crippen LogP contribution >= 0.6 is 0 Å². The van der Waals surface area contributed by atoms with Crippen molar-refractivity contribution in [1.82, 2.24) is 20.9 Å². The normalized spacial score (nSPS) is 20.2. The highest BCUT2D eigenvalue weighted by Crippen LogP contribution is 2.09. The van der Waals surface area contributed by atoms with E-state index in [2.05, 4.69) is 32.0 Å². The number of aliphatic hydroxyl groups is 1. The first-order valence-electron chi connectivity index (χ1n) is 8.88. The van der Waals surface area contributed by atoms with Gasteiger partial charge in [-0.3, -0.25) is 10.9 Å². The van der Waals surface area contributed by atoms with Gasteiger partial charge in [0.1, 0.15) is 5.82 Å². The van der Waals surface area contributed by atoms with E-state index in [9.17, 15) is 0 Å². The summed E-state index contributed by atoms with van der Waals surface area (Å²) in [4.78, 5) is 2.22. The Labute approximate surface area is 153 Å². The number of hydrazine groups is 2. The van der Waals surface area contributed by atoms with E-state index >= 15 is 0 Å². The molecule has 2 aliphatic heterocycles. The predicted octanol–water partition coefficient (Wildman–Crippen LogP) is 0.608. The van der Waals surface area contributed by atoms with E-state index in [-0.39, 0.29) is 6.61 Å². The van der Waals surface area contributed by atoms with Crippen molar-refractivity contribution < 1.29 is 9.84 Å². The van der Waals surface area contributed by atoms with E-state index in [1.807, 2.05) is 36.3 Å². The minimum atomic E-state index is 0.133. The van der Waals surface area contributed by atoms with Crippen LogP contribution in [0, 0.1) is 6.92 Å². The van der Waals surface area contributed by atoms with E-state index in [1.54, 1.807) is 6.21 Å². The second-order valence-electron chi connectivity index (χ2n) is 6.23. The van der Waals surface area contributed by atoms with Gasteiger partial charge < -0.3 is 14.7 Å². The first kappa shape index (κ1) is 18.4. The van der Waals surface area contributed by atoms with Crippen LogP contribution in [-0.2, 0) is 4.74 Å². The number of nitrogens with one attached hydrogen (secondary N) is 2. The van der Waals surface area contributed by atoms with Crippen LogP contribution in [0.5, 0.6) is 0 Å². The monoisotopic (exact) mass is 358 g/mol. The summed E-state index contributed by atoms with van der Waals surface area (Å²) in [5.74, 6) is 1.60. The molecule has 0 saturated carbocycles. The van der Waals surface area contributed by atoms with Crippen LogP contribution in [0.15, 0.2) is 46.4 Å². The van der Waals surface area contributed by atoms with Crippen LogP contribution in [0.1, 0.15) is 17.5 Å². The molecule has 0 aliphatic carbocycles. The zero-order chi connectivity index (χ0) is 18.2. The molecule has 1 fully saturated rings. The summed E-state index contributed by atoms with van der Waals surface area (Å²) in [6.07, 6.45) is 4.33. The fraction of sp³-hybridized carbons (Fsp3) is 0.444. The number of hydrogen-bond donors (Lipinski definition) is 3. The van der Waals surface area contributed by atoms with E-state index < -0.39 is 0 Å². The number of rotatable bonds is 6. The number of nitrogens with zero attached hydrogens (tertiary/aromatic N) is 4. The maximum Gasteiger partial charge on any atom is 0.168 e. The van der Waals surface area contributed by atoms with Crippen molar-refractivity contribution in [3.63, 3.8) is 0 Å². The highest BCUT2D eigenvalue weighted by Gasteiger charge is 2.21. The minimum Gasteiger partial charge on any atom is -0.396 e. The van der Waals surface area contributed by atoms with Gasteiger partial charge in [0.2, 0.25) is 0 Å². The Morgan fingerprint density at radius 2 is 2.12 bits per heavy atom. The Bertz CT molecular complexity index is 682. The van der Waals surface area contributed by atoms with Gasteiger partial charge in [-0.2, -0.15) is 5.10 Å². The van der Waals surface area contributed by atoms with Crippen molar-refractivity contribution >= 4 is 12.1 Å². The highest BCUT2D eigenvalue weighted by molar-refractivity contribution is 5.94. The Kier molecular flexibility index (Phi) is 6.59. The molecule has 140 valence electrons. The van der Waals surface area contributed by atoms with Crippen molar-refractivity contribution in [3.8, 4) is 0 Å². The fourth-order valence-electron chi connectivity index (χ4n) is 2.76. The summed E-state index contributed by atoms with van der Waals surface area (Å²) in [5, 5.41) is 19.4. The Hall–Kier alpha value is -2.42. The minimum absolute atomic E-state index is 0.133. The first-order valence-corrected chi connectivity index (χ1v) is 8.88. The lowest BCUT2D eigenvalue weighted by Crippen LogP contribution is -2.57. The van der Waals surface area contributed by atoms with Crippen LogP contribution in [0.4, 0.5) is 0 Å². The molecule has 1 aromatic carbocycles. The van der Waals surface area contributed by atoms with Gasteiger partial charge in [-0.25, -0.2) is 0 Å². The number of benzene rings is 1. The molecule has 1 aromatic rings. The third-order valence-corrected chi connectivity index (χ3v) is 4.08. The number of ether oxygens (including phenoxy) is 1. The molecule has 0 unspecified atom stereocenters. The average Bonchev–Trinajstić information content (AvgIpc) is 2.67. The molecule has 2 aliphatic rings. The molecule has 0 radical (unpaired) electrons. The molecular formula is C18H26N6O2. The van der Waals surface area contributed by atoms with Gasteiger partial charge in [-0.05, 0) is 18.9 Å². The van der Waals surface area contributed by atoms with Gasteiger partial charge in [0.05, 0.1) is 19.4 Å². The second kappa shape index (κ2) is 9.33. The van der Waals surface area contributed by atoms with E-state index in [0.29, 0.717) is 32.0 Å². The number of amidine groups is 1. The van der Waals surface area contributed by atoms with Gasteiger partial charge in [-0.1, -0.05) is 29.8 Å². The summed E-state index contributed by atoms with van der Waals surface area (Å²) in [6.45, 7) is 5.89. The first-order chi connectivity index (χ1) is 12.7. The van der Waals surface area contributed by atoms with Gasteiger partial charge in [0, 0.05) is 32.3 Å². The number of hydrogen-bond acceptors (Lipinski definition) is 7. The average molecular weight is 358 g/mol. The molecule has 3 rings (SSSR count).